The summed E-state index contributed by atoms with van der Waals surface area (Å²) < 4.78 is 11.9. The molecule has 0 spiro atoms. The lowest BCUT2D eigenvalue weighted by atomic mass is 10.1. The van der Waals surface area contributed by atoms with E-state index in [2.05, 4.69) is 5.10 Å². The lowest BCUT2D eigenvalue weighted by molar-refractivity contribution is 0.330. The van der Waals surface area contributed by atoms with Crippen molar-refractivity contribution in [3.63, 3.8) is 0 Å². The van der Waals surface area contributed by atoms with Crippen molar-refractivity contribution < 1.29 is 9.47 Å². The molecule has 0 fully saturated rings. The topological polar surface area (TPSA) is 79.4 Å². The van der Waals surface area contributed by atoms with Crippen molar-refractivity contribution in [1.29, 1.82) is 0 Å². The number of nitrogens with zero attached hydrogens (tertiary/aromatic N) is 2. The molecular weight excluding hydrogens is 270 g/mol. The number of aromatic nitrogens is 2. The highest BCUT2D eigenvalue weighted by Gasteiger charge is 2.14. The quantitative estimate of drug-likeness (QED) is 0.868. The van der Waals surface area contributed by atoms with Gasteiger partial charge in [0.15, 0.2) is 0 Å². The van der Waals surface area contributed by atoms with Gasteiger partial charge >= 0.3 is 0 Å². The van der Waals surface area contributed by atoms with Gasteiger partial charge < -0.3 is 15.2 Å². The number of nitrogens with two attached hydrogens (primary N) is 1. The first kappa shape index (κ1) is 15.1. The number of rotatable bonds is 6. The fraction of sp³-hybridized carbons (Fsp3) is 0.333. The second-order valence-electron chi connectivity index (χ2n) is 4.47. The zero-order valence-electron chi connectivity index (χ0n) is 12.2. The molecule has 1 aromatic heterocycles. The van der Waals surface area contributed by atoms with Crippen LogP contribution in [0.3, 0.4) is 0 Å². The van der Waals surface area contributed by atoms with Crippen molar-refractivity contribution in [3.8, 4) is 11.6 Å². The Morgan fingerprint density at radius 3 is 2.76 bits per heavy atom. The van der Waals surface area contributed by atoms with Crippen molar-refractivity contribution in [2.75, 3.05) is 13.7 Å². The Kier molecular flexibility index (Phi) is 4.94. The van der Waals surface area contributed by atoms with E-state index >= 15 is 0 Å². The van der Waals surface area contributed by atoms with Crippen LogP contribution < -0.4 is 20.8 Å². The smallest absolute Gasteiger partial charge is 0.267 e. The van der Waals surface area contributed by atoms with Gasteiger partial charge in [-0.15, -0.1) is 5.10 Å². The SMILES string of the molecule is CCOc1ccccc1C(N)Cn1nc(OC)ccc1=O. The molecule has 6 heteroatoms. The Morgan fingerprint density at radius 2 is 2.05 bits per heavy atom. The maximum absolute atomic E-state index is 11.8. The van der Waals surface area contributed by atoms with Crippen LogP contribution in [-0.2, 0) is 6.54 Å². The number of ether oxygens (including phenoxy) is 2. The zero-order chi connectivity index (χ0) is 15.2. The van der Waals surface area contributed by atoms with Crippen LogP contribution in [0.5, 0.6) is 11.6 Å². The first-order valence-corrected chi connectivity index (χ1v) is 6.75. The minimum Gasteiger partial charge on any atom is -0.494 e. The molecule has 0 radical (unpaired) electrons. The van der Waals surface area contributed by atoms with Gasteiger partial charge in [0.25, 0.3) is 5.56 Å². The van der Waals surface area contributed by atoms with Crippen molar-refractivity contribution in [3.05, 3.63) is 52.3 Å². The molecule has 0 saturated carbocycles. The molecule has 6 nitrogen and oxygen atoms in total. The van der Waals surface area contributed by atoms with Gasteiger partial charge in [0.2, 0.25) is 5.88 Å². The Morgan fingerprint density at radius 1 is 1.29 bits per heavy atom. The molecule has 1 atom stereocenters. The Bertz CT molecular complexity index is 655. The third-order valence-corrected chi connectivity index (χ3v) is 3.04. The van der Waals surface area contributed by atoms with Crippen LogP contribution in [-0.4, -0.2) is 23.5 Å². The Balaban J connectivity index is 2.26. The summed E-state index contributed by atoms with van der Waals surface area (Å²) in [7, 11) is 1.50. The number of hydrogen-bond acceptors (Lipinski definition) is 5. The van der Waals surface area contributed by atoms with E-state index in [4.69, 9.17) is 15.2 Å². The highest BCUT2D eigenvalue weighted by molar-refractivity contribution is 5.35. The predicted octanol–water partition coefficient (Wildman–Crippen LogP) is 1.35. The standard InChI is InChI=1S/C15H19N3O3/c1-3-21-13-7-5-4-6-11(13)12(16)10-18-15(19)9-8-14(17-18)20-2/h4-9,12H,3,10,16H2,1-2H3. The molecule has 0 aliphatic heterocycles. The minimum absolute atomic E-state index is 0.222. The van der Waals surface area contributed by atoms with E-state index in [0.717, 1.165) is 11.3 Å². The second-order valence-corrected chi connectivity index (χ2v) is 4.47. The highest BCUT2D eigenvalue weighted by atomic mass is 16.5. The Labute approximate surface area is 123 Å². The average Bonchev–Trinajstić information content (AvgIpc) is 2.50. The van der Waals surface area contributed by atoms with Crippen molar-refractivity contribution >= 4 is 0 Å². The van der Waals surface area contributed by atoms with E-state index in [1.54, 1.807) is 0 Å². The van der Waals surface area contributed by atoms with Crippen LogP contribution in [0.15, 0.2) is 41.2 Å². The molecule has 0 aliphatic carbocycles. The summed E-state index contributed by atoms with van der Waals surface area (Å²) in [5, 5.41) is 4.09. The average molecular weight is 289 g/mol. The molecule has 2 aromatic rings. The van der Waals surface area contributed by atoms with Gasteiger partial charge in [0.05, 0.1) is 26.3 Å². The largest absolute Gasteiger partial charge is 0.494 e. The lowest BCUT2D eigenvalue weighted by Gasteiger charge is -2.17. The normalized spacial score (nSPS) is 12.0. The first-order chi connectivity index (χ1) is 10.2. The molecule has 1 unspecified atom stereocenters. The predicted molar refractivity (Wildman–Crippen MR) is 79.6 cm³/mol. The van der Waals surface area contributed by atoms with Gasteiger partial charge in [-0.2, -0.15) is 0 Å². The van der Waals surface area contributed by atoms with Gasteiger partial charge in [0, 0.05) is 17.7 Å². The van der Waals surface area contributed by atoms with E-state index in [0.29, 0.717) is 12.5 Å². The first-order valence-electron chi connectivity index (χ1n) is 6.75. The van der Waals surface area contributed by atoms with E-state index in [-0.39, 0.29) is 12.1 Å². The van der Waals surface area contributed by atoms with Gasteiger partial charge in [-0.1, -0.05) is 18.2 Å². The number of hydrogen-bond donors (Lipinski definition) is 1. The highest BCUT2D eigenvalue weighted by Crippen LogP contribution is 2.24. The van der Waals surface area contributed by atoms with Crippen LogP contribution in [0.2, 0.25) is 0 Å². The second kappa shape index (κ2) is 6.90. The van der Waals surface area contributed by atoms with Crippen molar-refractivity contribution in [1.82, 2.24) is 9.78 Å². The summed E-state index contributed by atoms with van der Waals surface area (Å²) in [5.74, 6) is 1.10. The monoisotopic (exact) mass is 289 g/mol. The molecule has 0 aliphatic rings. The summed E-state index contributed by atoms with van der Waals surface area (Å²) in [4.78, 5) is 11.8. The summed E-state index contributed by atoms with van der Waals surface area (Å²) >= 11 is 0. The third-order valence-electron chi connectivity index (χ3n) is 3.04. The van der Waals surface area contributed by atoms with Crippen molar-refractivity contribution in [2.45, 2.75) is 19.5 Å². The summed E-state index contributed by atoms with van der Waals surface area (Å²) in [6.07, 6.45) is 0. The van der Waals surface area contributed by atoms with E-state index < -0.39 is 6.04 Å². The number of para-hydroxylation sites is 1. The molecule has 0 bridgehead atoms. The molecule has 1 aromatic carbocycles. The third kappa shape index (κ3) is 3.61. The maximum atomic E-state index is 11.8. The maximum Gasteiger partial charge on any atom is 0.267 e. The lowest BCUT2D eigenvalue weighted by Crippen LogP contribution is -2.28. The summed E-state index contributed by atoms with van der Waals surface area (Å²) in [6.45, 7) is 2.72. The zero-order valence-corrected chi connectivity index (χ0v) is 12.2. The Hall–Kier alpha value is -2.34. The fourth-order valence-electron chi connectivity index (χ4n) is 2.03. The molecule has 21 heavy (non-hydrogen) atoms. The molecule has 0 amide bonds. The minimum atomic E-state index is -0.398. The van der Waals surface area contributed by atoms with Crippen LogP contribution >= 0.6 is 0 Å². The van der Waals surface area contributed by atoms with Crippen LogP contribution in [0.4, 0.5) is 0 Å². The van der Waals surface area contributed by atoms with Gasteiger partial charge in [-0.25, -0.2) is 4.68 Å². The van der Waals surface area contributed by atoms with Crippen molar-refractivity contribution in [2.24, 2.45) is 5.73 Å². The molecule has 2 rings (SSSR count). The molecule has 2 N–H and O–H groups in total. The summed E-state index contributed by atoms with van der Waals surface area (Å²) in [6, 6.07) is 10.1. The number of benzene rings is 1. The van der Waals surface area contributed by atoms with E-state index in [1.807, 2.05) is 31.2 Å². The molecule has 112 valence electrons. The summed E-state index contributed by atoms with van der Waals surface area (Å²) in [5.41, 5.74) is 6.82. The molecule has 0 saturated heterocycles. The van der Waals surface area contributed by atoms with Crippen LogP contribution in [0, 0.1) is 0 Å². The van der Waals surface area contributed by atoms with E-state index in [1.165, 1.54) is 23.9 Å². The molecular formula is C15H19N3O3. The van der Waals surface area contributed by atoms with E-state index in [9.17, 15) is 4.79 Å². The van der Waals surface area contributed by atoms with Crippen LogP contribution in [0.1, 0.15) is 18.5 Å². The molecule has 1 heterocycles. The van der Waals surface area contributed by atoms with Crippen LogP contribution in [0.25, 0.3) is 0 Å². The fourth-order valence-corrected chi connectivity index (χ4v) is 2.03. The van der Waals surface area contributed by atoms with Gasteiger partial charge in [-0.05, 0) is 13.0 Å². The number of methoxy groups -OCH3 is 1. The van der Waals surface area contributed by atoms with Gasteiger partial charge in [-0.3, -0.25) is 4.79 Å². The van der Waals surface area contributed by atoms with Gasteiger partial charge in [0.1, 0.15) is 5.75 Å².